The number of ether oxygens (including phenoxy) is 2. The summed E-state index contributed by atoms with van der Waals surface area (Å²) in [6.45, 7) is 8.63. The highest BCUT2D eigenvalue weighted by atomic mass is 28.4. The van der Waals surface area contributed by atoms with Crippen LogP contribution in [0.2, 0.25) is 5.04 Å². The fourth-order valence-electron chi connectivity index (χ4n) is 4.46. The molecule has 2 aromatic carbocycles. The SMILES string of the molecule is CC(C)(C)[Si](OCCC(=CCOC1CCCCO1)CO)(c1ccccc1)c1ccccc1. The van der Waals surface area contributed by atoms with E-state index in [1.54, 1.807) is 0 Å². The summed E-state index contributed by atoms with van der Waals surface area (Å²) in [6.07, 6.45) is 5.74. The molecule has 0 radical (unpaired) electrons. The number of aliphatic hydroxyl groups is 1. The number of hydrogen-bond acceptors (Lipinski definition) is 4. The number of benzene rings is 2. The zero-order chi connectivity index (χ0) is 22.9. The summed E-state index contributed by atoms with van der Waals surface area (Å²) in [5, 5.41) is 12.4. The highest BCUT2D eigenvalue weighted by Gasteiger charge is 2.49. The molecule has 0 saturated carbocycles. The van der Waals surface area contributed by atoms with Gasteiger partial charge in [0.25, 0.3) is 8.32 Å². The smallest absolute Gasteiger partial charge is 0.261 e. The predicted molar refractivity (Wildman–Crippen MR) is 133 cm³/mol. The molecule has 0 bridgehead atoms. The standard InChI is InChI=1S/C27H38O4Si/c1-27(2,3)32(24-12-6-4-7-13-24,25-14-8-5-9-15-25)31-21-18-23(22-28)17-20-30-26-16-10-11-19-29-26/h4-9,12-15,17,26,28H,10-11,16,18-22H2,1-3H3. The Labute approximate surface area is 194 Å². The molecule has 0 aliphatic carbocycles. The molecular formula is C27H38O4Si. The van der Waals surface area contributed by atoms with Gasteiger partial charge in [-0.3, -0.25) is 0 Å². The molecule has 0 amide bonds. The molecule has 1 aliphatic heterocycles. The van der Waals surface area contributed by atoms with Crippen LogP contribution in [0, 0.1) is 0 Å². The van der Waals surface area contributed by atoms with E-state index in [0.29, 0.717) is 19.6 Å². The molecule has 4 nitrogen and oxygen atoms in total. The van der Waals surface area contributed by atoms with Crippen LogP contribution in [-0.2, 0) is 13.9 Å². The van der Waals surface area contributed by atoms with E-state index >= 15 is 0 Å². The minimum atomic E-state index is -2.55. The van der Waals surface area contributed by atoms with Crippen LogP contribution in [0.4, 0.5) is 0 Å². The Balaban J connectivity index is 1.74. The van der Waals surface area contributed by atoms with Crippen LogP contribution in [0.3, 0.4) is 0 Å². The van der Waals surface area contributed by atoms with Gasteiger partial charge in [-0.25, -0.2) is 0 Å². The van der Waals surface area contributed by atoms with Crippen molar-refractivity contribution < 1.29 is 19.0 Å². The Hall–Kier alpha value is -1.76. The second-order valence-electron chi connectivity index (χ2n) is 9.41. The Morgan fingerprint density at radius 1 is 1.03 bits per heavy atom. The lowest BCUT2D eigenvalue weighted by Crippen LogP contribution is -2.66. The van der Waals surface area contributed by atoms with E-state index in [9.17, 15) is 5.11 Å². The maximum atomic E-state index is 9.89. The first kappa shape index (κ1) is 24.9. The molecule has 1 N–H and O–H groups in total. The fourth-order valence-corrected chi connectivity index (χ4v) is 9.02. The third kappa shape index (κ3) is 6.18. The van der Waals surface area contributed by atoms with Crippen molar-refractivity contribution in [1.29, 1.82) is 0 Å². The minimum Gasteiger partial charge on any atom is -0.407 e. The van der Waals surface area contributed by atoms with Crippen LogP contribution in [0.25, 0.3) is 0 Å². The lowest BCUT2D eigenvalue weighted by atomic mass is 10.2. The molecule has 5 heteroatoms. The van der Waals surface area contributed by atoms with Gasteiger partial charge < -0.3 is 19.0 Å². The summed E-state index contributed by atoms with van der Waals surface area (Å²) in [7, 11) is -2.55. The van der Waals surface area contributed by atoms with Crippen molar-refractivity contribution in [1.82, 2.24) is 0 Å². The molecule has 1 fully saturated rings. The van der Waals surface area contributed by atoms with E-state index in [4.69, 9.17) is 13.9 Å². The quantitative estimate of drug-likeness (QED) is 0.427. The first-order chi connectivity index (χ1) is 15.5. The Kier molecular flexibility index (Phi) is 9.26. The molecular weight excluding hydrogens is 416 g/mol. The Morgan fingerprint density at radius 2 is 1.66 bits per heavy atom. The molecule has 1 aliphatic rings. The van der Waals surface area contributed by atoms with Crippen LogP contribution in [0.15, 0.2) is 72.3 Å². The Bertz CT molecular complexity index is 784. The van der Waals surface area contributed by atoms with Crippen molar-refractivity contribution in [2.24, 2.45) is 0 Å². The molecule has 3 rings (SSSR count). The van der Waals surface area contributed by atoms with Crippen molar-refractivity contribution >= 4 is 18.7 Å². The van der Waals surface area contributed by atoms with Crippen LogP contribution in [-0.4, -0.2) is 46.1 Å². The normalized spacial score (nSPS) is 18.0. The maximum Gasteiger partial charge on any atom is 0.261 e. The van der Waals surface area contributed by atoms with Gasteiger partial charge in [-0.2, -0.15) is 0 Å². The van der Waals surface area contributed by atoms with Gasteiger partial charge in [0.1, 0.15) is 0 Å². The maximum absolute atomic E-state index is 9.89. The molecule has 1 unspecified atom stereocenters. The highest BCUT2D eigenvalue weighted by Crippen LogP contribution is 2.36. The number of aliphatic hydroxyl groups excluding tert-OH is 1. The minimum absolute atomic E-state index is 0.0129. The lowest BCUT2D eigenvalue weighted by Gasteiger charge is -2.43. The molecule has 1 saturated heterocycles. The second kappa shape index (κ2) is 11.9. The van der Waals surface area contributed by atoms with Gasteiger partial charge in [0.05, 0.1) is 13.2 Å². The molecule has 2 aromatic rings. The predicted octanol–water partition coefficient (Wildman–Crippen LogP) is 4.42. The van der Waals surface area contributed by atoms with E-state index in [-0.39, 0.29) is 17.9 Å². The van der Waals surface area contributed by atoms with Crippen LogP contribution < -0.4 is 10.4 Å². The summed E-state index contributed by atoms with van der Waals surface area (Å²) in [4.78, 5) is 0. The summed E-state index contributed by atoms with van der Waals surface area (Å²) >= 11 is 0. The highest BCUT2D eigenvalue weighted by molar-refractivity contribution is 6.99. The van der Waals surface area contributed by atoms with Gasteiger partial charge in [-0.05, 0) is 46.7 Å². The van der Waals surface area contributed by atoms with Crippen molar-refractivity contribution in [3.8, 4) is 0 Å². The molecule has 32 heavy (non-hydrogen) atoms. The van der Waals surface area contributed by atoms with Gasteiger partial charge in [-0.15, -0.1) is 0 Å². The average molecular weight is 455 g/mol. The van der Waals surface area contributed by atoms with Crippen molar-refractivity contribution in [2.45, 2.75) is 57.8 Å². The van der Waals surface area contributed by atoms with E-state index in [1.165, 1.54) is 10.4 Å². The van der Waals surface area contributed by atoms with Gasteiger partial charge in [0.2, 0.25) is 0 Å². The van der Waals surface area contributed by atoms with Gasteiger partial charge in [0, 0.05) is 13.2 Å². The second-order valence-corrected chi connectivity index (χ2v) is 13.7. The Morgan fingerprint density at radius 3 is 2.16 bits per heavy atom. The first-order valence-electron chi connectivity index (χ1n) is 11.7. The molecule has 1 atom stereocenters. The molecule has 174 valence electrons. The third-order valence-electron chi connectivity index (χ3n) is 6.15. The third-order valence-corrected chi connectivity index (χ3v) is 11.2. The monoisotopic (exact) mass is 454 g/mol. The zero-order valence-corrected chi connectivity index (χ0v) is 20.8. The largest absolute Gasteiger partial charge is 0.407 e. The van der Waals surface area contributed by atoms with E-state index < -0.39 is 8.32 Å². The van der Waals surface area contributed by atoms with Crippen LogP contribution in [0.1, 0.15) is 46.5 Å². The van der Waals surface area contributed by atoms with Crippen molar-refractivity contribution in [3.63, 3.8) is 0 Å². The molecule has 1 heterocycles. The topological polar surface area (TPSA) is 47.9 Å². The van der Waals surface area contributed by atoms with Gasteiger partial charge >= 0.3 is 0 Å². The van der Waals surface area contributed by atoms with Gasteiger partial charge in [0.15, 0.2) is 6.29 Å². The van der Waals surface area contributed by atoms with Crippen LogP contribution >= 0.6 is 0 Å². The number of hydrogen-bond donors (Lipinski definition) is 1. The van der Waals surface area contributed by atoms with E-state index in [0.717, 1.165) is 31.4 Å². The summed E-state index contributed by atoms with van der Waals surface area (Å²) < 4.78 is 18.4. The molecule has 0 spiro atoms. The average Bonchev–Trinajstić information content (AvgIpc) is 2.82. The van der Waals surface area contributed by atoms with E-state index in [1.807, 2.05) is 6.08 Å². The van der Waals surface area contributed by atoms with Crippen molar-refractivity contribution in [3.05, 3.63) is 72.3 Å². The van der Waals surface area contributed by atoms with Crippen molar-refractivity contribution in [2.75, 3.05) is 26.4 Å². The van der Waals surface area contributed by atoms with Gasteiger partial charge in [-0.1, -0.05) is 87.5 Å². The zero-order valence-electron chi connectivity index (χ0n) is 19.8. The fraction of sp³-hybridized carbons (Fsp3) is 0.481. The number of rotatable bonds is 10. The first-order valence-corrected chi connectivity index (χ1v) is 13.6. The lowest BCUT2D eigenvalue weighted by molar-refractivity contribution is -0.155. The summed E-state index contributed by atoms with van der Waals surface area (Å²) in [5.41, 5.74) is 0.943. The summed E-state index contributed by atoms with van der Waals surface area (Å²) in [5.74, 6) is 0. The van der Waals surface area contributed by atoms with Crippen LogP contribution in [0.5, 0.6) is 0 Å². The summed E-state index contributed by atoms with van der Waals surface area (Å²) in [6, 6.07) is 21.3. The molecule has 0 aromatic heterocycles. The van der Waals surface area contributed by atoms with E-state index in [2.05, 4.69) is 81.4 Å².